The molecule has 3 N–H and O–H groups in total. The summed E-state index contributed by atoms with van der Waals surface area (Å²) < 4.78 is 1.11. The number of hydrogen-bond donors (Lipinski definition) is 3. The van der Waals surface area contributed by atoms with E-state index in [1.807, 2.05) is 61.5 Å². The van der Waals surface area contributed by atoms with E-state index in [1.54, 1.807) is 6.92 Å². The predicted molar refractivity (Wildman–Crippen MR) is 106 cm³/mol. The van der Waals surface area contributed by atoms with Crippen molar-refractivity contribution in [1.29, 1.82) is 0 Å². The Bertz CT molecular complexity index is 1100. The summed E-state index contributed by atoms with van der Waals surface area (Å²) in [5.74, 6) is -0.416. The quantitative estimate of drug-likeness (QED) is 0.478. The SMILES string of the molecule is CC(=NNc1ccccc1C)c1c(O)n(Cc2ccccc2)c(=O)[nH]c1=O. The number of para-hydroxylation sites is 1. The van der Waals surface area contributed by atoms with Crippen LogP contribution in [0.1, 0.15) is 23.6 Å². The van der Waals surface area contributed by atoms with Crippen LogP contribution in [0.4, 0.5) is 5.69 Å². The van der Waals surface area contributed by atoms with Crippen LogP contribution in [0, 0.1) is 6.92 Å². The topological polar surface area (TPSA) is 99.5 Å². The molecule has 0 amide bonds. The molecule has 0 atom stereocenters. The average Bonchev–Trinajstić information content (AvgIpc) is 2.65. The molecule has 0 aliphatic carbocycles. The molecule has 3 aromatic rings. The molecule has 0 bridgehead atoms. The van der Waals surface area contributed by atoms with Gasteiger partial charge >= 0.3 is 5.69 Å². The van der Waals surface area contributed by atoms with Crippen molar-refractivity contribution in [2.24, 2.45) is 5.10 Å². The molecule has 1 heterocycles. The number of aromatic nitrogens is 2. The van der Waals surface area contributed by atoms with Crippen molar-refractivity contribution in [2.45, 2.75) is 20.4 Å². The smallest absolute Gasteiger partial charge is 0.331 e. The lowest BCUT2D eigenvalue weighted by Gasteiger charge is -2.12. The van der Waals surface area contributed by atoms with E-state index in [0.717, 1.165) is 21.4 Å². The Morgan fingerprint density at radius 3 is 2.48 bits per heavy atom. The van der Waals surface area contributed by atoms with Crippen molar-refractivity contribution < 1.29 is 5.11 Å². The van der Waals surface area contributed by atoms with Gasteiger partial charge in [0.15, 0.2) is 0 Å². The maximum Gasteiger partial charge on any atom is 0.331 e. The number of hydrazone groups is 1. The van der Waals surface area contributed by atoms with Crippen LogP contribution in [0.25, 0.3) is 0 Å². The number of nitrogens with zero attached hydrogens (tertiary/aromatic N) is 2. The summed E-state index contributed by atoms with van der Waals surface area (Å²) in [6.07, 6.45) is 0. The normalized spacial score (nSPS) is 11.4. The van der Waals surface area contributed by atoms with E-state index >= 15 is 0 Å². The van der Waals surface area contributed by atoms with Crippen LogP contribution in [0.2, 0.25) is 0 Å². The van der Waals surface area contributed by atoms with Gasteiger partial charge in [-0.1, -0.05) is 48.5 Å². The molecule has 0 spiro atoms. The van der Waals surface area contributed by atoms with Crippen molar-refractivity contribution in [3.8, 4) is 5.88 Å². The van der Waals surface area contributed by atoms with Crippen LogP contribution < -0.4 is 16.7 Å². The number of rotatable bonds is 5. The average molecular weight is 364 g/mol. The van der Waals surface area contributed by atoms with Gasteiger partial charge < -0.3 is 5.11 Å². The standard InChI is InChI=1S/C20H20N4O3/c1-13-8-6-7-11-16(13)23-22-14(2)17-18(25)21-20(27)24(19(17)26)12-15-9-4-3-5-10-15/h3-11,23,26H,12H2,1-2H3,(H,21,25,27). The molecule has 1 aromatic heterocycles. The van der Waals surface area contributed by atoms with Crippen LogP contribution in [0.5, 0.6) is 5.88 Å². The molecule has 2 aromatic carbocycles. The second-order valence-corrected chi connectivity index (χ2v) is 6.15. The van der Waals surface area contributed by atoms with Gasteiger partial charge in [0.25, 0.3) is 5.56 Å². The minimum Gasteiger partial charge on any atom is -0.494 e. The third-order valence-corrected chi connectivity index (χ3v) is 4.21. The fourth-order valence-electron chi connectivity index (χ4n) is 2.70. The summed E-state index contributed by atoms with van der Waals surface area (Å²) in [7, 11) is 0. The Hall–Kier alpha value is -3.61. The first-order chi connectivity index (χ1) is 13.0. The first-order valence-corrected chi connectivity index (χ1v) is 8.43. The van der Waals surface area contributed by atoms with E-state index in [9.17, 15) is 14.7 Å². The van der Waals surface area contributed by atoms with Crippen LogP contribution >= 0.6 is 0 Å². The minimum atomic E-state index is -0.686. The maximum absolute atomic E-state index is 12.2. The highest BCUT2D eigenvalue weighted by molar-refractivity contribution is 6.00. The summed E-state index contributed by atoms with van der Waals surface area (Å²) in [4.78, 5) is 26.6. The van der Waals surface area contributed by atoms with E-state index in [1.165, 1.54) is 0 Å². The molecular formula is C20H20N4O3. The zero-order valence-corrected chi connectivity index (χ0v) is 15.1. The van der Waals surface area contributed by atoms with Crippen LogP contribution in [0.3, 0.4) is 0 Å². The van der Waals surface area contributed by atoms with Crippen molar-refractivity contribution in [1.82, 2.24) is 9.55 Å². The van der Waals surface area contributed by atoms with Gasteiger partial charge in [-0.05, 0) is 31.0 Å². The van der Waals surface area contributed by atoms with Gasteiger partial charge in [0, 0.05) is 0 Å². The number of aromatic amines is 1. The monoisotopic (exact) mass is 364 g/mol. The second-order valence-electron chi connectivity index (χ2n) is 6.15. The van der Waals surface area contributed by atoms with Crippen molar-refractivity contribution >= 4 is 11.4 Å². The zero-order valence-electron chi connectivity index (χ0n) is 15.1. The Kier molecular flexibility index (Phi) is 5.21. The second kappa shape index (κ2) is 7.74. The van der Waals surface area contributed by atoms with Crippen LogP contribution in [-0.2, 0) is 6.54 Å². The summed E-state index contributed by atoms with van der Waals surface area (Å²) in [6, 6.07) is 16.8. The Balaban J connectivity index is 1.98. The van der Waals surface area contributed by atoms with E-state index in [4.69, 9.17) is 0 Å². The lowest BCUT2D eigenvalue weighted by molar-refractivity contribution is 0.408. The predicted octanol–water partition coefficient (Wildman–Crippen LogP) is 2.44. The third-order valence-electron chi connectivity index (χ3n) is 4.21. The van der Waals surface area contributed by atoms with Gasteiger partial charge in [-0.15, -0.1) is 0 Å². The fourth-order valence-corrected chi connectivity index (χ4v) is 2.70. The van der Waals surface area contributed by atoms with Crippen molar-refractivity contribution in [3.05, 3.63) is 92.1 Å². The molecular weight excluding hydrogens is 344 g/mol. The Morgan fingerprint density at radius 2 is 1.78 bits per heavy atom. The highest BCUT2D eigenvalue weighted by Crippen LogP contribution is 2.16. The van der Waals surface area contributed by atoms with Gasteiger partial charge in [-0.3, -0.25) is 19.8 Å². The number of nitrogens with one attached hydrogen (secondary N) is 2. The summed E-state index contributed by atoms with van der Waals surface area (Å²) in [6.45, 7) is 3.65. The summed E-state index contributed by atoms with van der Waals surface area (Å²) in [5, 5.41) is 14.8. The van der Waals surface area contributed by atoms with E-state index in [-0.39, 0.29) is 17.8 Å². The zero-order chi connectivity index (χ0) is 19.4. The Labute approximate surface area is 155 Å². The number of benzene rings is 2. The fraction of sp³-hybridized carbons (Fsp3) is 0.150. The molecule has 0 saturated carbocycles. The number of aryl methyl sites for hydroxylation is 1. The number of aromatic hydroxyl groups is 1. The molecule has 7 heteroatoms. The van der Waals surface area contributed by atoms with Crippen LogP contribution in [0.15, 0.2) is 69.3 Å². The third kappa shape index (κ3) is 3.98. The largest absolute Gasteiger partial charge is 0.494 e. The first-order valence-electron chi connectivity index (χ1n) is 8.43. The van der Waals surface area contributed by atoms with Gasteiger partial charge in [0.05, 0.1) is 17.9 Å². The first kappa shape index (κ1) is 18.2. The lowest BCUT2D eigenvalue weighted by atomic mass is 10.2. The Morgan fingerprint density at radius 1 is 1.11 bits per heavy atom. The molecule has 0 aliphatic heterocycles. The highest BCUT2D eigenvalue weighted by atomic mass is 16.3. The molecule has 138 valence electrons. The van der Waals surface area contributed by atoms with E-state index < -0.39 is 17.1 Å². The summed E-state index contributed by atoms with van der Waals surface area (Å²) in [5.41, 5.74) is 4.33. The van der Waals surface area contributed by atoms with Gasteiger partial charge in [-0.25, -0.2) is 4.79 Å². The molecule has 0 radical (unpaired) electrons. The lowest BCUT2D eigenvalue weighted by Crippen LogP contribution is -2.34. The van der Waals surface area contributed by atoms with Gasteiger partial charge in [-0.2, -0.15) is 5.10 Å². The van der Waals surface area contributed by atoms with E-state index in [2.05, 4.69) is 15.5 Å². The molecule has 3 rings (SSSR count). The van der Waals surface area contributed by atoms with Crippen molar-refractivity contribution in [3.63, 3.8) is 0 Å². The number of anilines is 1. The minimum absolute atomic E-state index is 0.0494. The van der Waals surface area contributed by atoms with Crippen LogP contribution in [-0.4, -0.2) is 20.4 Å². The summed E-state index contributed by atoms with van der Waals surface area (Å²) >= 11 is 0. The molecule has 0 unspecified atom stereocenters. The van der Waals surface area contributed by atoms with E-state index in [0.29, 0.717) is 0 Å². The molecule has 0 aliphatic rings. The number of hydrogen-bond acceptors (Lipinski definition) is 5. The molecule has 0 fully saturated rings. The highest BCUT2D eigenvalue weighted by Gasteiger charge is 2.17. The van der Waals surface area contributed by atoms with Gasteiger partial charge in [0.2, 0.25) is 5.88 Å². The molecule has 0 saturated heterocycles. The number of H-pyrrole nitrogens is 1. The maximum atomic E-state index is 12.2. The van der Waals surface area contributed by atoms with Gasteiger partial charge in [0.1, 0.15) is 5.56 Å². The molecule has 7 nitrogen and oxygen atoms in total. The van der Waals surface area contributed by atoms with Crippen molar-refractivity contribution in [2.75, 3.05) is 5.43 Å². The molecule has 27 heavy (non-hydrogen) atoms.